The second-order valence-electron chi connectivity index (χ2n) is 5.47. The average molecular weight is 235 g/mol. The molecular formula is C14H21NO2. The summed E-state index contributed by atoms with van der Waals surface area (Å²) in [5.41, 5.74) is 7.57. The molecule has 0 amide bonds. The Kier molecular flexibility index (Phi) is 2.62. The van der Waals surface area contributed by atoms with E-state index >= 15 is 0 Å². The van der Waals surface area contributed by atoms with E-state index in [1.165, 1.54) is 5.56 Å². The van der Waals surface area contributed by atoms with Crippen LogP contribution >= 0.6 is 0 Å². The molecule has 2 N–H and O–H groups in total. The lowest BCUT2D eigenvalue weighted by Crippen LogP contribution is -2.14. The predicted molar refractivity (Wildman–Crippen MR) is 68.7 cm³/mol. The van der Waals surface area contributed by atoms with E-state index in [1.807, 2.05) is 12.1 Å². The van der Waals surface area contributed by atoms with Gasteiger partial charge >= 0.3 is 0 Å². The van der Waals surface area contributed by atoms with Crippen LogP contribution in [-0.4, -0.2) is 20.3 Å². The minimum Gasteiger partial charge on any atom is -0.493 e. The summed E-state index contributed by atoms with van der Waals surface area (Å²) in [5.74, 6) is 1.52. The second kappa shape index (κ2) is 3.64. The van der Waals surface area contributed by atoms with Gasteiger partial charge in [0.2, 0.25) is 0 Å². The maximum atomic E-state index is 6.20. The van der Waals surface area contributed by atoms with E-state index in [4.69, 9.17) is 15.2 Å². The number of nitrogens with two attached hydrogens (primary N) is 1. The van der Waals surface area contributed by atoms with Crippen molar-refractivity contribution in [2.75, 3.05) is 14.2 Å². The first-order valence-corrected chi connectivity index (χ1v) is 5.87. The molecule has 2 rings (SSSR count). The number of rotatable bonds is 3. The van der Waals surface area contributed by atoms with E-state index in [2.05, 4.69) is 26.8 Å². The number of hydrogen-bond acceptors (Lipinski definition) is 3. The maximum Gasteiger partial charge on any atom is 0.161 e. The molecule has 1 saturated carbocycles. The van der Waals surface area contributed by atoms with Crippen LogP contribution in [0.4, 0.5) is 0 Å². The number of methoxy groups -OCH3 is 2. The van der Waals surface area contributed by atoms with Crippen LogP contribution in [0, 0.1) is 5.41 Å². The fourth-order valence-electron chi connectivity index (χ4n) is 2.74. The van der Waals surface area contributed by atoms with E-state index in [9.17, 15) is 0 Å². The Hall–Kier alpha value is -1.22. The first-order valence-electron chi connectivity index (χ1n) is 5.87. The molecule has 17 heavy (non-hydrogen) atoms. The van der Waals surface area contributed by atoms with Gasteiger partial charge in [0.1, 0.15) is 0 Å². The normalized spacial score (nSPS) is 29.9. The summed E-state index contributed by atoms with van der Waals surface area (Å²) in [7, 11) is 3.30. The Labute approximate surface area is 103 Å². The highest BCUT2D eigenvalue weighted by Gasteiger charge is 2.66. The fourth-order valence-corrected chi connectivity index (χ4v) is 2.74. The SMILES string of the molecule is COc1ccc(C2(C)C(N)C2(C)C)cc1OC. The molecule has 2 unspecified atom stereocenters. The van der Waals surface area contributed by atoms with Crippen LogP contribution in [0.1, 0.15) is 26.3 Å². The summed E-state index contributed by atoms with van der Waals surface area (Å²) >= 11 is 0. The van der Waals surface area contributed by atoms with Crippen molar-refractivity contribution >= 4 is 0 Å². The quantitative estimate of drug-likeness (QED) is 0.874. The summed E-state index contributed by atoms with van der Waals surface area (Å²) in [6.45, 7) is 6.61. The van der Waals surface area contributed by atoms with E-state index in [1.54, 1.807) is 14.2 Å². The van der Waals surface area contributed by atoms with E-state index in [0.29, 0.717) is 0 Å². The zero-order valence-corrected chi connectivity index (χ0v) is 11.2. The number of benzene rings is 1. The van der Waals surface area contributed by atoms with Crippen LogP contribution < -0.4 is 15.2 Å². The van der Waals surface area contributed by atoms with Gasteiger partial charge in [-0.05, 0) is 23.1 Å². The summed E-state index contributed by atoms with van der Waals surface area (Å²) in [4.78, 5) is 0. The molecule has 0 aliphatic heterocycles. The molecule has 3 nitrogen and oxygen atoms in total. The van der Waals surface area contributed by atoms with Crippen LogP contribution in [-0.2, 0) is 5.41 Å². The lowest BCUT2D eigenvalue weighted by atomic mass is 9.89. The van der Waals surface area contributed by atoms with Gasteiger partial charge in [0.25, 0.3) is 0 Å². The van der Waals surface area contributed by atoms with Crippen LogP contribution in [0.25, 0.3) is 0 Å². The standard InChI is InChI=1S/C14H21NO2/c1-13(2)12(15)14(13,3)9-6-7-10(16-4)11(8-9)17-5/h6-8,12H,15H2,1-5H3. The zero-order valence-electron chi connectivity index (χ0n) is 11.2. The molecule has 0 bridgehead atoms. The molecule has 1 aliphatic rings. The molecular weight excluding hydrogens is 214 g/mol. The van der Waals surface area contributed by atoms with Gasteiger partial charge in [-0.25, -0.2) is 0 Å². The van der Waals surface area contributed by atoms with Crippen molar-refractivity contribution in [3.8, 4) is 11.5 Å². The van der Waals surface area contributed by atoms with Gasteiger partial charge in [-0.1, -0.05) is 26.8 Å². The van der Waals surface area contributed by atoms with Gasteiger partial charge in [0.05, 0.1) is 14.2 Å². The monoisotopic (exact) mass is 235 g/mol. The van der Waals surface area contributed by atoms with Crippen molar-refractivity contribution in [2.24, 2.45) is 11.1 Å². The second-order valence-corrected chi connectivity index (χ2v) is 5.47. The topological polar surface area (TPSA) is 44.5 Å². The molecule has 1 aromatic carbocycles. The van der Waals surface area contributed by atoms with Gasteiger partial charge in [-0.3, -0.25) is 0 Å². The highest BCUT2D eigenvalue weighted by atomic mass is 16.5. The van der Waals surface area contributed by atoms with Gasteiger partial charge in [-0.2, -0.15) is 0 Å². The third kappa shape index (κ3) is 1.45. The van der Waals surface area contributed by atoms with Crippen molar-refractivity contribution in [1.29, 1.82) is 0 Å². The largest absolute Gasteiger partial charge is 0.493 e. The highest BCUT2D eigenvalue weighted by molar-refractivity contribution is 5.50. The average Bonchev–Trinajstić information content (AvgIpc) is 2.73. The summed E-state index contributed by atoms with van der Waals surface area (Å²) < 4.78 is 10.6. The van der Waals surface area contributed by atoms with E-state index in [-0.39, 0.29) is 16.9 Å². The molecule has 1 aliphatic carbocycles. The first-order chi connectivity index (χ1) is 7.89. The minimum absolute atomic E-state index is 0.0204. The Morgan fingerprint density at radius 2 is 1.59 bits per heavy atom. The van der Waals surface area contributed by atoms with Gasteiger partial charge in [0.15, 0.2) is 11.5 Å². The zero-order chi connectivity index (χ0) is 12.8. The van der Waals surface area contributed by atoms with Crippen LogP contribution in [0.5, 0.6) is 11.5 Å². The van der Waals surface area contributed by atoms with Crippen molar-refractivity contribution in [2.45, 2.75) is 32.2 Å². The summed E-state index contributed by atoms with van der Waals surface area (Å²) in [5, 5.41) is 0. The number of hydrogen-bond donors (Lipinski definition) is 1. The molecule has 2 atom stereocenters. The van der Waals surface area contributed by atoms with Crippen molar-refractivity contribution in [3.63, 3.8) is 0 Å². The third-order valence-corrected chi connectivity index (χ3v) is 4.64. The third-order valence-electron chi connectivity index (χ3n) is 4.64. The van der Waals surface area contributed by atoms with E-state index in [0.717, 1.165) is 11.5 Å². The van der Waals surface area contributed by atoms with Gasteiger partial charge in [-0.15, -0.1) is 0 Å². The van der Waals surface area contributed by atoms with Crippen LogP contribution in [0.3, 0.4) is 0 Å². The number of ether oxygens (including phenoxy) is 2. The molecule has 0 aromatic heterocycles. The van der Waals surface area contributed by atoms with E-state index < -0.39 is 0 Å². The highest BCUT2D eigenvalue weighted by Crippen LogP contribution is 2.63. The molecule has 3 heteroatoms. The van der Waals surface area contributed by atoms with Gasteiger partial charge < -0.3 is 15.2 Å². The molecule has 0 radical (unpaired) electrons. The van der Waals surface area contributed by atoms with Crippen molar-refractivity contribution in [3.05, 3.63) is 23.8 Å². The van der Waals surface area contributed by atoms with Gasteiger partial charge in [0, 0.05) is 11.5 Å². The van der Waals surface area contributed by atoms with Crippen molar-refractivity contribution < 1.29 is 9.47 Å². The fraction of sp³-hybridized carbons (Fsp3) is 0.571. The Morgan fingerprint density at radius 1 is 1.06 bits per heavy atom. The molecule has 0 saturated heterocycles. The maximum absolute atomic E-state index is 6.20. The molecule has 0 spiro atoms. The Morgan fingerprint density at radius 3 is 2.00 bits per heavy atom. The smallest absolute Gasteiger partial charge is 0.161 e. The molecule has 1 aromatic rings. The molecule has 1 fully saturated rings. The summed E-state index contributed by atoms with van der Waals surface area (Å²) in [6.07, 6.45) is 0. The first kappa shape index (κ1) is 12.2. The lowest BCUT2D eigenvalue weighted by molar-refractivity contribution is 0.353. The Balaban J connectivity index is 2.43. The minimum atomic E-state index is 0.0204. The predicted octanol–water partition coefficient (Wildman–Crippen LogP) is 2.33. The van der Waals surface area contributed by atoms with Crippen LogP contribution in [0.2, 0.25) is 0 Å². The Bertz CT molecular complexity index is 442. The lowest BCUT2D eigenvalue weighted by Gasteiger charge is -2.17. The van der Waals surface area contributed by atoms with Crippen LogP contribution in [0.15, 0.2) is 18.2 Å². The molecule has 94 valence electrons. The molecule has 0 heterocycles. The summed E-state index contributed by atoms with van der Waals surface area (Å²) in [6, 6.07) is 6.25. The van der Waals surface area contributed by atoms with Crippen molar-refractivity contribution in [1.82, 2.24) is 0 Å².